The normalized spacial score (nSPS) is 12.3. The third-order valence-corrected chi connectivity index (χ3v) is 5.28. The van der Waals surface area contributed by atoms with E-state index in [0.29, 0.717) is 33.8 Å². The summed E-state index contributed by atoms with van der Waals surface area (Å²) in [7, 11) is 1.50. The summed E-state index contributed by atoms with van der Waals surface area (Å²) >= 11 is 3.40. The Balaban J connectivity index is 1.96. The number of ether oxygens (including phenoxy) is 3. The van der Waals surface area contributed by atoms with Crippen LogP contribution in [0.5, 0.6) is 11.5 Å². The molecule has 174 valence electrons. The first-order chi connectivity index (χ1) is 15.7. The number of fused-ring (bicyclic) bond motifs is 1. The third kappa shape index (κ3) is 5.60. The van der Waals surface area contributed by atoms with E-state index in [0.717, 1.165) is 4.47 Å². The number of methoxy groups -OCH3 is 1. The lowest BCUT2D eigenvalue weighted by Gasteiger charge is -2.16. The smallest absolute Gasteiger partial charge is 0.347 e. The number of aromatic nitrogens is 2. The highest BCUT2D eigenvalue weighted by molar-refractivity contribution is 9.10. The first-order valence-corrected chi connectivity index (χ1v) is 11.3. The highest BCUT2D eigenvalue weighted by Crippen LogP contribution is 2.29. The summed E-state index contributed by atoms with van der Waals surface area (Å²) < 4.78 is 18.2. The molecule has 3 aromatic rings. The molecule has 0 saturated carbocycles. The van der Waals surface area contributed by atoms with Crippen LogP contribution in [-0.4, -0.2) is 41.7 Å². The van der Waals surface area contributed by atoms with E-state index in [2.05, 4.69) is 26.0 Å². The number of nitrogens with zero attached hydrogens (tertiary/aromatic N) is 3. The zero-order valence-electron chi connectivity index (χ0n) is 19.2. The minimum absolute atomic E-state index is 0.0161. The Bertz CT molecular complexity index is 1250. The van der Waals surface area contributed by atoms with E-state index in [1.54, 1.807) is 44.3 Å². The van der Waals surface area contributed by atoms with Gasteiger partial charge < -0.3 is 14.2 Å². The zero-order chi connectivity index (χ0) is 24.1. The Morgan fingerprint density at radius 3 is 2.61 bits per heavy atom. The molecular weight excluding hydrogens is 490 g/mol. The van der Waals surface area contributed by atoms with Crippen molar-refractivity contribution in [2.24, 2.45) is 5.10 Å². The Labute approximate surface area is 200 Å². The molecule has 0 N–H and O–H groups in total. The lowest BCUT2D eigenvalue weighted by atomic mass is 10.2. The fourth-order valence-electron chi connectivity index (χ4n) is 3.14. The molecule has 1 heterocycles. The van der Waals surface area contributed by atoms with Crippen LogP contribution in [-0.2, 0) is 9.53 Å². The summed E-state index contributed by atoms with van der Waals surface area (Å²) in [6.07, 6.45) is 0.772. The Morgan fingerprint density at radius 1 is 1.18 bits per heavy atom. The summed E-state index contributed by atoms with van der Waals surface area (Å²) in [6, 6.07) is 10.5. The minimum atomic E-state index is -0.784. The number of halogens is 1. The van der Waals surface area contributed by atoms with Crippen LogP contribution in [0, 0.1) is 0 Å². The molecule has 9 heteroatoms. The molecule has 3 rings (SSSR count). The highest BCUT2D eigenvalue weighted by Gasteiger charge is 2.18. The van der Waals surface area contributed by atoms with Crippen LogP contribution in [0.4, 0.5) is 0 Å². The molecule has 1 aromatic heterocycles. The van der Waals surface area contributed by atoms with E-state index in [4.69, 9.17) is 14.2 Å². The molecule has 0 unspecified atom stereocenters. The van der Waals surface area contributed by atoms with E-state index in [1.165, 1.54) is 11.8 Å². The summed E-state index contributed by atoms with van der Waals surface area (Å²) in [5, 5.41) is 4.90. The van der Waals surface area contributed by atoms with Gasteiger partial charge in [-0.25, -0.2) is 9.78 Å². The lowest BCUT2D eigenvalue weighted by molar-refractivity contribution is -0.150. The maximum atomic E-state index is 13.1. The van der Waals surface area contributed by atoms with Crippen molar-refractivity contribution in [3.63, 3.8) is 0 Å². The predicted octanol–water partition coefficient (Wildman–Crippen LogP) is 4.50. The van der Waals surface area contributed by atoms with E-state index in [9.17, 15) is 9.59 Å². The van der Waals surface area contributed by atoms with Crippen molar-refractivity contribution >= 4 is 39.0 Å². The average molecular weight is 516 g/mol. The van der Waals surface area contributed by atoms with Gasteiger partial charge >= 0.3 is 5.97 Å². The lowest BCUT2D eigenvalue weighted by Crippen LogP contribution is -2.26. The summed E-state index contributed by atoms with van der Waals surface area (Å²) in [5.74, 6) is 0.902. The molecule has 0 amide bonds. The fourth-order valence-corrected chi connectivity index (χ4v) is 3.50. The van der Waals surface area contributed by atoms with Crippen LogP contribution >= 0.6 is 15.9 Å². The van der Waals surface area contributed by atoms with Gasteiger partial charge in [0.2, 0.25) is 0 Å². The summed E-state index contributed by atoms with van der Waals surface area (Å²) in [6.45, 7) is 7.53. The van der Waals surface area contributed by atoms with Crippen LogP contribution in [0.2, 0.25) is 0 Å². The number of benzene rings is 2. The van der Waals surface area contributed by atoms with Crippen molar-refractivity contribution in [3.8, 4) is 11.5 Å². The molecule has 1 atom stereocenters. The Hall–Kier alpha value is -3.20. The van der Waals surface area contributed by atoms with Gasteiger partial charge in [0.15, 0.2) is 17.6 Å². The first-order valence-electron chi connectivity index (χ1n) is 10.5. The molecule has 0 aliphatic rings. The fraction of sp³-hybridized carbons (Fsp3) is 0.333. The molecule has 0 radical (unpaired) electrons. The molecular formula is C24H26BrN3O5. The molecule has 2 aromatic carbocycles. The number of carbonyl (C=O) groups is 1. The van der Waals surface area contributed by atoms with E-state index in [1.807, 2.05) is 26.0 Å². The quantitative estimate of drug-likeness (QED) is 0.323. The number of rotatable bonds is 8. The summed E-state index contributed by atoms with van der Waals surface area (Å²) in [4.78, 5) is 29.6. The molecule has 0 aliphatic carbocycles. The molecule has 0 aliphatic heterocycles. The monoisotopic (exact) mass is 515 g/mol. The number of carbonyl (C=O) groups excluding carboxylic acids is 1. The Morgan fingerprint density at radius 2 is 1.94 bits per heavy atom. The number of hydrogen-bond donors (Lipinski definition) is 0. The van der Waals surface area contributed by atoms with E-state index >= 15 is 0 Å². The van der Waals surface area contributed by atoms with E-state index in [-0.39, 0.29) is 18.1 Å². The second-order valence-electron chi connectivity index (χ2n) is 7.57. The van der Waals surface area contributed by atoms with Crippen LogP contribution in [0.3, 0.4) is 0 Å². The molecule has 0 fully saturated rings. The zero-order valence-corrected chi connectivity index (χ0v) is 20.8. The molecule has 8 nitrogen and oxygen atoms in total. The maximum Gasteiger partial charge on any atom is 0.347 e. The van der Waals surface area contributed by atoms with Gasteiger partial charge in [-0.1, -0.05) is 29.8 Å². The molecule has 33 heavy (non-hydrogen) atoms. The maximum absolute atomic E-state index is 13.1. The van der Waals surface area contributed by atoms with Gasteiger partial charge in [-0.2, -0.15) is 9.78 Å². The first kappa shape index (κ1) is 24.4. The SMILES string of the molecule is CCOC(=O)[C@H](C)Oc1ccc(C=Nn2c(C(C)C)nc3ccc(Br)cc3c2=O)cc1OC. The van der Waals surface area contributed by atoms with Gasteiger partial charge in [0.25, 0.3) is 5.56 Å². The largest absolute Gasteiger partial charge is 0.493 e. The minimum Gasteiger partial charge on any atom is -0.493 e. The van der Waals surface area contributed by atoms with Crippen LogP contribution in [0.25, 0.3) is 10.9 Å². The van der Waals surface area contributed by atoms with Gasteiger partial charge in [0.05, 0.1) is 30.8 Å². The van der Waals surface area contributed by atoms with E-state index < -0.39 is 12.1 Å². The topological polar surface area (TPSA) is 92.0 Å². The van der Waals surface area contributed by atoms with Crippen molar-refractivity contribution < 1.29 is 19.0 Å². The van der Waals surface area contributed by atoms with Crippen LogP contribution in [0.1, 0.15) is 45.0 Å². The van der Waals surface area contributed by atoms with Crippen molar-refractivity contribution in [2.45, 2.75) is 39.7 Å². The highest BCUT2D eigenvalue weighted by atomic mass is 79.9. The van der Waals surface area contributed by atoms with Crippen molar-refractivity contribution in [3.05, 3.63) is 62.6 Å². The van der Waals surface area contributed by atoms with Crippen LogP contribution < -0.4 is 15.0 Å². The van der Waals surface area contributed by atoms with Crippen LogP contribution in [0.15, 0.2) is 50.8 Å². The second-order valence-corrected chi connectivity index (χ2v) is 8.49. The average Bonchev–Trinajstić information content (AvgIpc) is 2.79. The molecule has 0 saturated heterocycles. The van der Waals surface area contributed by atoms with Gasteiger partial charge in [0, 0.05) is 10.4 Å². The van der Waals surface area contributed by atoms with Crippen molar-refractivity contribution in [2.75, 3.05) is 13.7 Å². The second kappa shape index (κ2) is 10.6. The van der Waals surface area contributed by atoms with Gasteiger partial charge in [-0.15, -0.1) is 0 Å². The Kier molecular flexibility index (Phi) is 7.86. The number of esters is 1. The molecule has 0 bridgehead atoms. The molecule has 0 spiro atoms. The summed E-state index contributed by atoms with van der Waals surface area (Å²) in [5.41, 5.74) is 1.05. The van der Waals surface area contributed by atoms with Crippen molar-refractivity contribution in [1.82, 2.24) is 9.66 Å². The van der Waals surface area contributed by atoms with Crippen molar-refractivity contribution in [1.29, 1.82) is 0 Å². The standard InChI is InChI=1S/C24H26BrN3O5/c1-6-32-24(30)15(4)33-20-10-7-16(11-21(20)31-5)13-26-28-22(14(2)3)27-19-9-8-17(25)12-18(19)23(28)29/h7-15H,6H2,1-5H3/t15-/m0/s1. The van der Waals surface area contributed by atoms with Gasteiger partial charge in [-0.3, -0.25) is 4.79 Å². The van der Waals surface area contributed by atoms with Gasteiger partial charge in [-0.05, 0) is 55.8 Å². The number of hydrogen-bond acceptors (Lipinski definition) is 7. The predicted molar refractivity (Wildman–Crippen MR) is 131 cm³/mol. The van der Waals surface area contributed by atoms with Gasteiger partial charge in [0.1, 0.15) is 5.82 Å². The third-order valence-electron chi connectivity index (χ3n) is 4.78.